The van der Waals surface area contributed by atoms with Crippen LogP contribution in [0.1, 0.15) is 19.8 Å². The molecule has 0 amide bonds. The molecule has 0 bridgehead atoms. The molecule has 0 atom stereocenters. The Morgan fingerprint density at radius 3 is 2.25 bits per heavy atom. The Morgan fingerprint density at radius 2 is 2.12 bits per heavy atom. The van der Waals surface area contributed by atoms with Crippen molar-refractivity contribution in [3.63, 3.8) is 0 Å². The minimum absolute atomic E-state index is 0.173. The van der Waals surface area contributed by atoms with Crippen molar-refractivity contribution >= 4 is 17.7 Å². The Bertz CT molecular complexity index is 93.1. The van der Waals surface area contributed by atoms with Crippen molar-refractivity contribution in [2.45, 2.75) is 19.8 Å². The van der Waals surface area contributed by atoms with E-state index in [4.69, 9.17) is 0 Å². The van der Waals surface area contributed by atoms with Gasteiger partial charge in [0.25, 0.3) is 0 Å². The van der Waals surface area contributed by atoms with Gasteiger partial charge in [-0.1, -0.05) is 5.57 Å². The molecule has 0 saturated heterocycles. The van der Waals surface area contributed by atoms with Crippen LogP contribution in [-0.4, -0.2) is 5.12 Å². The molecule has 1 radical (unpaired) electrons. The van der Waals surface area contributed by atoms with Gasteiger partial charge in [0.1, 0.15) is 0 Å². The van der Waals surface area contributed by atoms with Crippen LogP contribution in [0, 0.1) is 0 Å². The lowest BCUT2D eigenvalue weighted by Crippen LogP contribution is -1.84. The van der Waals surface area contributed by atoms with Crippen LogP contribution in [0.3, 0.4) is 0 Å². The predicted octanol–water partition coefficient (Wildman–Crippen LogP) is 2.07. The molecule has 1 nitrogen and oxygen atoms in total. The summed E-state index contributed by atoms with van der Waals surface area (Å²) in [6, 6.07) is 0. The molecule has 0 aliphatic carbocycles. The fraction of sp³-hybridized carbons (Fsp3) is 0.500. The van der Waals surface area contributed by atoms with E-state index >= 15 is 0 Å². The first-order valence-electron chi connectivity index (χ1n) is 2.47. The normalized spacial score (nSPS) is 8.62. The second-order valence-electron chi connectivity index (χ2n) is 1.83. The van der Waals surface area contributed by atoms with E-state index in [-0.39, 0.29) is 5.12 Å². The summed E-state index contributed by atoms with van der Waals surface area (Å²) in [5.41, 5.74) is 1.02. The van der Waals surface area contributed by atoms with E-state index in [0.717, 1.165) is 12.0 Å². The summed E-state index contributed by atoms with van der Waals surface area (Å²) >= 11 is 4.32. The van der Waals surface area contributed by atoms with Crippen molar-refractivity contribution in [3.05, 3.63) is 12.2 Å². The minimum Gasteiger partial charge on any atom is -0.282 e. The summed E-state index contributed by atoms with van der Waals surface area (Å²) < 4.78 is 0. The Kier molecular flexibility index (Phi) is 3.44. The molecule has 45 valence electrons. The van der Waals surface area contributed by atoms with Gasteiger partial charge in [-0.15, -0.1) is 6.58 Å². The molecule has 0 fully saturated rings. The van der Waals surface area contributed by atoms with Crippen molar-refractivity contribution in [1.82, 2.24) is 0 Å². The predicted molar refractivity (Wildman–Crippen MR) is 36.6 cm³/mol. The zero-order chi connectivity index (χ0) is 6.57. The molecule has 0 aromatic carbocycles. The molecule has 2 heteroatoms. The molecule has 0 aliphatic heterocycles. The summed E-state index contributed by atoms with van der Waals surface area (Å²) in [7, 11) is 0. The van der Waals surface area contributed by atoms with E-state index < -0.39 is 0 Å². The van der Waals surface area contributed by atoms with Gasteiger partial charge >= 0.3 is 0 Å². The molecule has 0 unspecified atom stereocenters. The summed E-state index contributed by atoms with van der Waals surface area (Å²) in [6.07, 6.45) is 1.20. The lowest BCUT2D eigenvalue weighted by atomic mass is 10.2. The highest BCUT2D eigenvalue weighted by Gasteiger charge is 1.93. The van der Waals surface area contributed by atoms with Crippen molar-refractivity contribution < 1.29 is 4.79 Å². The van der Waals surface area contributed by atoms with Crippen LogP contribution in [0.2, 0.25) is 0 Å². The Morgan fingerprint density at radius 1 is 1.62 bits per heavy atom. The SMILES string of the molecule is C=C(C)CCC(=O)[S]. The summed E-state index contributed by atoms with van der Waals surface area (Å²) in [5.74, 6) is 0. The minimum atomic E-state index is -0.173. The first kappa shape index (κ1) is 7.63. The zero-order valence-corrected chi connectivity index (χ0v) is 5.75. The lowest BCUT2D eigenvalue weighted by Gasteiger charge is -1.90. The smallest absolute Gasteiger partial charge is 0.219 e. The zero-order valence-electron chi connectivity index (χ0n) is 4.94. The molecule has 0 N–H and O–H groups in total. The van der Waals surface area contributed by atoms with Crippen LogP contribution in [-0.2, 0) is 4.79 Å². The lowest BCUT2D eigenvalue weighted by molar-refractivity contribution is -0.110. The third-order valence-electron chi connectivity index (χ3n) is 0.756. The van der Waals surface area contributed by atoms with E-state index in [1.54, 1.807) is 0 Å². The monoisotopic (exact) mass is 129 g/mol. The topological polar surface area (TPSA) is 17.1 Å². The number of allylic oxidation sites excluding steroid dienone is 1. The van der Waals surface area contributed by atoms with E-state index in [2.05, 4.69) is 19.2 Å². The van der Waals surface area contributed by atoms with Crippen molar-refractivity contribution in [3.8, 4) is 0 Å². The quantitative estimate of drug-likeness (QED) is 0.533. The number of carbonyl (C=O) groups excluding carboxylic acids is 1. The highest BCUT2D eigenvalue weighted by atomic mass is 32.1. The molecule has 0 spiro atoms. The maximum absolute atomic E-state index is 10.1. The van der Waals surface area contributed by atoms with Crippen LogP contribution >= 0.6 is 12.6 Å². The van der Waals surface area contributed by atoms with Crippen LogP contribution < -0.4 is 0 Å². The van der Waals surface area contributed by atoms with Crippen molar-refractivity contribution in [2.24, 2.45) is 0 Å². The molecule has 8 heavy (non-hydrogen) atoms. The van der Waals surface area contributed by atoms with Crippen LogP contribution in [0.4, 0.5) is 0 Å². The summed E-state index contributed by atoms with van der Waals surface area (Å²) in [5, 5.41) is -0.173. The largest absolute Gasteiger partial charge is 0.282 e. The van der Waals surface area contributed by atoms with Crippen LogP contribution in [0.15, 0.2) is 12.2 Å². The summed E-state index contributed by atoms with van der Waals surface area (Å²) in [4.78, 5) is 10.1. The van der Waals surface area contributed by atoms with E-state index in [9.17, 15) is 4.79 Å². The summed E-state index contributed by atoms with van der Waals surface area (Å²) in [6.45, 7) is 5.52. The fourth-order valence-corrected chi connectivity index (χ4v) is 0.418. The third-order valence-corrected chi connectivity index (χ3v) is 0.960. The first-order chi connectivity index (χ1) is 3.63. The van der Waals surface area contributed by atoms with E-state index in [0.29, 0.717) is 6.42 Å². The number of carbonyl (C=O) groups is 1. The van der Waals surface area contributed by atoms with E-state index in [1.165, 1.54) is 0 Å². The third kappa shape index (κ3) is 5.63. The first-order valence-corrected chi connectivity index (χ1v) is 2.88. The van der Waals surface area contributed by atoms with Gasteiger partial charge in [-0.2, -0.15) is 0 Å². The average molecular weight is 129 g/mol. The van der Waals surface area contributed by atoms with Crippen LogP contribution in [0.25, 0.3) is 0 Å². The number of rotatable bonds is 3. The van der Waals surface area contributed by atoms with Gasteiger partial charge in [-0.25, -0.2) is 0 Å². The Labute approximate surface area is 55.2 Å². The van der Waals surface area contributed by atoms with Gasteiger partial charge in [0.2, 0.25) is 5.12 Å². The molecule has 0 aromatic heterocycles. The Hall–Kier alpha value is -0.370. The molecule has 0 aliphatic rings. The second-order valence-corrected chi connectivity index (χ2v) is 2.28. The maximum atomic E-state index is 10.1. The molecule has 0 saturated carbocycles. The highest BCUT2D eigenvalue weighted by molar-refractivity contribution is 7.96. The van der Waals surface area contributed by atoms with Gasteiger partial charge in [0, 0.05) is 6.42 Å². The second kappa shape index (κ2) is 3.61. The van der Waals surface area contributed by atoms with E-state index in [1.807, 2.05) is 6.92 Å². The van der Waals surface area contributed by atoms with Gasteiger partial charge in [-0.3, -0.25) is 4.79 Å². The molecule has 0 rings (SSSR count). The average Bonchev–Trinajstić information content (AvgIpc) is 1.61. The molecular formula is C6H9OS. The fourth-order valence-electron chi connectivity index (χ4n) is 0.315. The van der Waals surface area contributed by atoms with Gasteiger partial charge < -0.3 is 0 Å². The van der Waals surface area contributed by atoms with Crippen LogP contribution in [0.5, 0.6) is 0 Å². The van der Waals surface area contributed by atoms with Gasteiger partial charge in [0.05, 0.1) is 0 Å². The maximum Gasteiger partial charge on any atom is 0.219 e. The molecular weight excluding hydrogens is 120 g/mol. The molecule has 0 heterocycles. The Balaban J connectivity index is 3.18. The number of hydrogen-bond acceptors (Lipinski definition) is 1. The van der Waals surface area contributed by atoms with Crippen molar-refractivity contribution in [2.75, 3.05) is 0 Å². The molecule has 0 aromatic rings. The van der Waals surface area contributed by atoms with Gasteiger partial charge in [-0.05, 0) is 26.0 Å². The van der Waals surface area contributed by atoms with Gasteiger partial charge in [0.15, 0.2) is 0 Å². The number of hydrogen-bond donors (Lipinski definition) is 0. The standard InChI is InChI=1S/C6H9OS/c1-5(2)3-4-6(7)8/h1,3-4H2,2H3. The van der Waals surface area contributed by atoms with Crippen molar-refractivity contribution in [1.29, 1.82) is 0 Å². The highest BCUT2D eigenvalue weighted by Crippen LogP contribution is 2.01.